The smallest absolute Gasteiger partial charge is 0.224 e. The van der Waals surface area contributed by atoms with Crippen LogP contribution in [0.4, 0.5) is 11.8 Å². The summed E-state index contributed by atoms with van der Waals surface area (Å²) in [6, 6.07) is 0. The Morgan fingerprint density at radius 2 is 2.10 bits per heavy atom. The van der Waals surface area contributed by atoms with Crippen LogP contribution in [0.1, 0.15) is 25.1 Å². The van der Waals surface area contributed by atoms with Crippen LogP contribution >= 0.6 is 11.6 Å². The van der Waals surface area contributed by atoms with E-state index in [9.17, 15) is 0 Å². The molecule has 0 saturated carbocycles. The van der Waals surface area contributed by atoms with E-state index in [4.69, 9.17) is 11.6 Å². The van der Waals surface area contributed by atoms with E-state index in [-0.39, 0.29) is 0 Å². The van der Waals surface area contributed by atoms with Gasteiger partial charge < -0.3 is 10.6 Å². The van der Waals surface area contributed by atoms with Gasteiger partial charge in [-0.05, 0) is 13.3 Å². The van der Waals surface area contributed by atoms with Crippen LogP contribution in [0.3, 0.4) is 0 Å². The van der Waals surface area contributed by atoms with Gasteiger partial charge in [-0.1, -0.05) is 18.5 Å². The number of halogens is 1. The van der Waals surface area contributed by atoms with Crippen molar-refractivity contribution in [3.63, 3.8) is 0 Å². The van der Waals surface area contributed by atoms with Gasteiger partial charge in [-0.2, -0.15) is 10.1 Å². The highest BCUT2D eigenvalue weighted by Crippen LogP contribution is 2.20. The highest BCUT2D eigenvalue weighted by atomic mass is 35.5. The predicted octanol–water partition coefficient (Wildman–Crippen LogP) is 2.47. The molecular formula is C13H19ClN6. The number of nitrogens with one attached hydrogen (secondary N) is 2. The first-order chi connectivity index (χ1) is 9.63. The zero-order chi connectivity index (χ0) is 14.5. The second-order valence-corrected chi connectivity index (χ2v) is 4.81. The van der Waals surface area contributed by atoms with Gasteiger partial charge in [-0.25, -0.2) is 4.98 Å². The molecule has 0 amide bonds. The molecule has 0 spiro atoms. The number of nitrogens with zero attached hydrogens (tertiary/aromatic N) is 4. The molecule has 0 fully saturated rings. The third kappa shape index (κ3) is 3.39. The van der Waals surface area contributed by atoms with Crippen LogP contribution < -0.4 is 10.6 Å². The Balaban J connectivity index is 2.11. The number of hydrogen-bond donors (Lipinski definition) is 2. The van der Waals surface area contributed by atoms with Crippen LogP contribution in [-0.4, -0.2) is 26.3 Å². The third-order valence-electron chi connectivity index (χ3n) is 2.85. The quantitative estimate of drug-likeness (QED) is 0.856. The van der Waals surface area contributed by atoms with Crippen molar-refractivity contribution in [2.45, 2.75) is 26.8 Å². The van der Waals surface area contributed by atoms with E-state index in [0.29, 0.717) is 23.3 Å². The van der Waals surface area contributed by atoms with Crippen molar-refractivity contribution in [3.05, 3.63) is 28.7 Å². The van der Waals surface area contributed by atoms with E-state index in [1.54, 1.807) is 6.20 Å². The van der Waals surface area contributed by atoms with Gasteiger partial charge in [0.2, 0.25) is 5.95 Å². The Morgan fingerprint density at radius 1 is 1.30 bits per heavy atom. The molecule has 0 aliphatic rings. The first-order valence-corrected chi connectivity index (χ1v) is 7.03. The van der Waals surface area contributed by atoms with E-state index >= 15 is 0 Å². The number of aryl methyl sites for hydroxylation is 2. The molecule has 2 heterocycles. The molecule has 2 rings (SSSR count). The van der Waals surface area contributed by atoms with Gasteiger partial charge in [0.25, 0.3) is 0 Å². The summed E-state index contributed by atoms with van der Waals surface area (Å²) in [5.74, 6) is 1.20. The molecule has 7 heteroatoms. The minimum atomic E-state index is 0.508. The Bertz CT molecular complexity index is 580. The Hall–Kier alpha value is -1.82. The van der Waals surface area contributed by atoms with Gasteiger partial charge in [0.15, 0.2) is 5.82 Å². The van der Waals surface area contributed by atoms with Crippen LogP contribution in [0.5, 0.6) is 0 Å². The lowest BCUT2D eigenvalue weighted by Gasteiger charge is -2.09. The molecule has 0 aromatic carbocycles. The van der Waals surface area contributed by atoms with Crippen molar-refractivity contribution in [2.24, 2.45) is 7.05 Å². The molecular weight excluding hydrogens is 276 g/mol. The van der Waals surface area contributed by atoms with Crippen LogP contribution in [0.2, 0.25) is 5.02 Å². The molecule has 0 atom stereocenters. The first-order valence-electron chi connectivity index (χ1n) is 6.65. The van der Waals surface area contributed by atoms with Crippen molar-refractivity contribution in [3.8, 4) is 0 Å². The Labute approximate surface area is 123 Å². The van der Waals surface area contributed by atoms with Crippen molar-refractivity contribution in [1.82, 2.24) is 19.7 Å². The third-order valence-corrected chi connectivity index (χ3v) is 3.13. The van der Waals surface area contributed by atoms with Gasteiger partial charge in [-0.15, -0.1) is 0 Å². The maximum absolute atomic E-state index is 6.11. The second kappa shape index (κ2) is 6.56. The monoisotopic (exact) mass is 294 g/mol. The van der Waals surface area contributed by atoms with E-state index in [0.717, 1.165) is 24.2 Å². The van der Waals surface area contributed by atoms with Crippen LogP contribution in [0.15, 0.2) is 12.4 Å². The van der Waals surface area contributed by atoms with Gasteiger partial charge in [-0.3, -0.25) is 4.68 Å². The molecule has 2 N–H and O–H groups in total. The molecule has 6 nitrogen and oxygen atoms in total. The lowest BCUT2D eigenvalue weighted by Crippen LogP contribution is -2.07. The number of anilines is 2. The van der Waals surface area contributed by atoms with Crippen molar-refractivity contribution < 1.29 is 0 Å². The SMILES string of the molecule is CCNc1ncc(Cl)c(NCc2cn(C)nc2CC)n1. The largest absolute Gasteiger partial charge is 0.364 e. The fraction of sp³-hybridized carbons (Fsp3) is 0.462. The molecule has 0 bridgehead atoms. The van der Waals surface area contributed by atoms with Crippen LogP contribution in [0.25, 0.3) is 0 Å². The minimum Gasteiger partial charge on any atom is -0.364 e. The summed E-state index contributed by atoms with van der Waals surface area (Å²) >= 11 is 6.11. The molecule has 0 saturated heterocycles. The summed E-state index contributed by atoms with van der Waals surface area (Å²) in [4.78, 5) is 8.46. The number of rotatable bonds is 6. The van der Waals surface area contributed by atoms with Crippen molar-refractivity contribution in [1.29, 1.82) is 0 Å². The molecule has 108 valence electrons. The summed E-state index contributed by atoms with van der Waals surface area (Å²) < 4.78 is 1.82. The van der Waals surface area contributed by atoms with Crippen LogP contribution in [0, 0.1) is 0 Å². The fourth-order valence-electron chi connectivity index (χ4n) is 1.94. The van der Waals surface area contributed by atoms with Gasteiger partial charge in [0, 0.05) is 31.9 Å². The molecule has 2 aromatic rings. The number of aromatic nitrogens is 4. The molecule has 0 aliphatic heterocycles. The van der Waals surface area contributed by atoms with Crippen molar-refractivity contribution >= 4 is 23.4 Å². The van der Waals surface area contributed by atoms with E-state index < -0.39 is 0 Å². The normalized spacial score (nSPS) is 10.6. The topological polar surface area (TPSA) is 67.7 Å². The average Bonchev–Trinajstić information content (AvgIpc) is 2.80. The zero-order valence-corrected chi connectivity index (χ0v) is 12.7. The molecule has 2 aromatic heterocycles. The summed E-state index contributed by atoms with van der Waals surface area (Å²) in [5.41, 5.74) is 2.23. The Morgan fingerprint density at radius 3 is 2.80 bits per heavy atom. The fourth-order valence-corrected chi connectivity index (χ4v) is 2.10. The summed E-state index contributed by atoms with van der Waals surface area (Å²) in [6.45, 7) is 5.49. The maximum atomic E-state index is 6.11. The van der Waals surface area contributed by atoms with E-state index in [1.807, 2.05) is 24.9 Å². The predicted molar refractivity (Wildman–Crippen MR) is 81.1 cm³/mol. The first kappa shape index (κ1) is 14.6. The number of hydrogen-bond acceptors (Lipinski definition) is 5. The lowest BCUT2D eigenvalue weighted by molar-refractivity contribution is 0.746. The summed E-state index contributed by atoms with van der Waals surface area (Å²) in [5, 5.41) is 11.2. The van der Waals surface area contributed by atoms with Crippen molar-refractivity contribution in [2.75, 3.05) is 17.2 Å². The molecule has 0 radical (unpaired) electrons. The van der Waals surface area contributed by atoms with E-state index in [1.165, 1.54) is 0 Å². The average molecular weight is 295 g/mol. The highest BCUT2D eigenvalue weighted by molar-refractivity contribution is 6.32. The second-order valence-electron chi connectivity index (χ2n) is 4.40. The summed E-state index contributed by atoms with van der Waals surface area (Å²) in [7, 11) is 1.92. The maximum Gasteiger partial charge on any atom is 0.224 e. The lowest BCUT2D eigenvalue weighted by atomic mass is 10.2. The highest BCUT2D eigenvalue weighted by Gasteiger charge is 2.08. The Kier molecular flexibility index (Phi) is 4.79. The summed E-state index contributed by atoms with van der Waals surface area (Å²) in [6.07, 6.45) is 4.50. The van der Waals surface area contributed by atoms with E-state index in [2.05, 4.69) is 32.6 Å². The van der Waals surface area contributed by atoms with Gasteiger partial charge >= 0.3 is 0 Å². The molecule has 20 heavy (non-hydrogen) atoms. The van der Waals surface area contributed by atoms with Crippen LogP contribution in [-0.2, 0) is 20.0 Å². The van der Waals surface area contributed by atoms with Gasteiger partial charge in [0.1, 0.15) is 5.02 Å². The van der Waals surface area contributed by atoms with Gasteiger partial charge in [0.05, 0.1) is 11.9 Å². The zero-order valence-electron chi connectivity index (χ0n) is 11.9. The molecule has 0 unspecified atom stereocenters. The molecule has 0 aliphatic carbocycles. The minimum absolute atomic E-state index is 0.508. The standard InChI is InChI=1S/C13H19ClN6/c1-4-11-9(8-20(3)19-11)6-16-12-10(14)7-17-13(18-12)15-5-2/h7-8H,4-6H2,1-3H3,(H2,15,16,17,18).